The topological polar surface area (TPSA) is 38.7 Å². The summed E-state index contributed by atoms with van der Waals surface area (Å²) in [6, 6.07) is 5.37. The molecule has 1 aromatic carbocycles. The van der Waals surface area contributed by atoms with Crippen molar-refractivity contribution in [2.24, 2.45) is 0 Å². The number of hydrogen-bond donors (Lipinski definition) is 1. The third-order valence-electron chi connectivity index (χ3n) is 2.14. The van der Waals surface area contributed by atoms with Crippen molar-refractivity contribution in [2.75, 3.05) is 13.7 Å². The van der Waals surface area contributed by atoms with Gasteiger partial charge in [-0.2, -0.15) is 0 Å². The lowest BCUT2D eigenvalue weighted by Crippen LogP contribution is -2.03. The van der Waals surface area contributed by atoms with Crippen molar-refractivity contribution in [3.8, 4) is 11.5 Å². The molecule has 88 valence electrons. The van der Waals surface area contributed by atoms with E-state index in [9.17, 15) is 5.11 Å². The summed E-state index contributed by atoms with van der Waals surface area (Å²) in [5.41, 5.74) is 1.68. The summed E-state index contributed by atoms with van der Waals surface area (Å²) in [5.74, 6) is 1.35. The van der Waals surface area contributed by atoms with E-state index < -0.39 is 6.10 Å². The molecule has 0 aliphatic heterocycles. The van der Waals surface area contributed by atoms with Crippen molar-refractivity contribution >= 4 is 0 Å². The maximum absolute atomic E-state index is 9.59. The molecule has 0 amide bonds. The van der Waals surface area contributed by atoms with Crippen molar-refractivity contribution in [1.29, 1.82) is 0 Å². The largest absolute Gasteiger partial charge is 0.497 e. The normalized spacial score (nSPS) is 12.0. The van der Waals surface area contributed by atoms with Gasteiger partial charge in [-0.05, 0) is 31.6 Å². The maximum Gasteiger partial charge on any atom is 0.129 e. The molecule has 0 spiro atoms. The minimum Gasteiger partial charge on any atom is -0.497 e. The lowest BCUT2D eigenvalue weighted by Gasteiger charge is -2.14. The van der Waals surface area contributed by atoms with Crippen molar-refractivity contribution < 1.29 is 14.6 Å². The van der Waals surface area contributed by atoms with E-state index in [1.54, 1.807) is 32.2 Å². The second-order valence-corrected chi connectivity index (χ2v) is 3.83. The van der Waals surface area contributed by atoms with Gasteiger partial charge in [-0.25, -0.2) is 0 Å². The molecule has 0 aliphatic rings. The summed E-state index contributed by atoms with van der Waals surface area (Å²) in [6.07, 6.45) is -0.564. The van der Waals surface area contributed by atoms with Crippen LogP contribution in [0, 0.1) is 0 Å². The molecular formula is C13H18O3. The first-order chi connectivity index (χ1) is 7.54. The highest BCUT2D eigenvalue weighted by Crippen LogP contribution is 2.29. The van der Waals surface area contributed by atoms with Gasteiger partial charge in [-0.15, -0.1) is 0 Å². The van der Waals surface area contributed by atoms with Gasteiger partial charge in [0, 0.05) is 11.6 Å². The van der Waals surface area contributed by atoms with Gasteiger partial charge in [-0.3, -0.25) is 0 Å². The molecule has 0 saturated heterocycles. The minimum atomic E-state index is -0.564. The van der Waals surface area contributed by atoms with Crippen LogP contribution >= 0.6 is 0 Å². The SMILES string of the molecule is C=C(C)COc1cc(OC)ccc1[C@H](C)O. The van der Waals surface area contributed by atoms with Crippen LogP contribution in [0.15, 0.2) is 30.4 Å². The zero-order valence-electron chi connectivity index (χ0n) is 9.99. The number of aliphatic hydroxyl groups is 1. The van der Waals surface area contributed by atoms with E-state index >= 15 is 0 Å². The molecule has 0 saturated carbocycles. The van der Waals surface area contributed by atoms with E-state index in [4.69, 9.17) is 9.47 Å². The third kappa shape index (κ3) is 3.28. The molecule has 0 radical (unpaired) electrons. The lowest BCUT2D eigenvalue weighted by atomic mass is 10.1. The minimum absolute atomic E-state index is 0.437. The molecule has 0 aromatic heterocycles. The Hall–Kier alpha value is -1.48. The lowest BCUT2D eigenvalue weighted by molar-refractivity contribution is 0.192. The molecule has 0 fully saturated rings. The average Bonchev–Trinajstić information content (AvgIpc) is 2.25. The van der Waals surface area contributed by atoms with Crippen LogP contribution in [-0.2, 0) is 0 Å². The van der Waals surface area contributed by atoms with E-state index in [0.717, 1.165) is 11.1 Å². The number of rotatable bonds is 5. The zero-order valence-corrected chi connectivity index (χ0v) is 9.99. The van der Waals surface area contributed by atoms with Gasteiger partial charge in [-0.1, -0.05) is 6.58 Å². The van der Waals surface area contributed by atoms with Crippen LogP contribution in [0.5, 0.6) is 11.5 Å². The van der Waals surface area contributed by atoms with Gasteiger partial charge in [0.2, 0.25) is 0 Å². The first-order valence-electron chi connectivity index (χ1n) is 5.17. The van der Waals surface area contributed by atoms with Gasteiger partial charge in [0.25, 0.3) is 0 Å². The van der Waals surface area contributed by atoms with Gasteiger partial charge >= 0.3 is 0 Å². The van der Waals surface area contributed by atoms with Crippen LogP contribution in [0.25, 0.3) is 0 Å². The van der Waals surface area contributed by atoms with Crippen LogP contribution in [0.4, 0.5) is 0 Å². The molecule has 0 unspecified atom stereocenters. The molecule has 3 nitrogen and oxygen atoms in total. The van der Waals surface area contributed by atoms with Crippen LogP contribution in [0.3, 0.4) is 0 Å². The molecule has 0 bridgehead atoms. The first kappa shape index (κ1) is 12.6. The summed E-state index contributed by atoms with van der Waals surface area (Å²) in [4.78, 5) is 0. The fourth-order valence-corrected chi connectivity index (χ4v) is 1.31. The van der Waals surface area contributed by atoms with Crippen molar-refractivity contribution in [3.05, 3.63) is 35.9 Å². The Morgan fingerprint density at radius 2 is 2.19 bits per heavy atom. The average molecular weight is 222 g/mol. The fourth-order valence-electron chi connectivity index (χ4n) is 1.31. The predicted molar refractivity (Wildman–Crippen MR) is 63.9 cm³/mol. The predicted octanol–water partition coefficient (Wildman–Crippen LogP) is 2.70. The van der Waals surface area contributed by atoms with E-state index in [-0.39, 0.29) is 0 Å². The molecule has 1 atom stereocenters. The summed E-state index contributed by atoms with van der Waals surface area (Å²) < 4.78 is 10.7. The molecule has 3 heteroatoms. The third-order valence-corrected chi connectivity index (χ3v) is 2.14. The van der Waals surface area contributed by atoms with Crippen molar-refractivity contribution in [1.82, 2.24) is 0 Å². The molecule has 1 rings (SSSR count). The van der Waals surface area contributed by atoms with E-state index in [1.807, 2.05) is 6.92 Å². The quantitative estimate of drug-likeness (QED) is 0.778. The summed E-state index contributed by atoms with van der Waals surface area (Å²) in [5, 5.41) is 9.59. The van der Waals surface area contributed by atoms with Crippen LogP contribution in [0.1, 0.15) is 25.5 Å². The highest BCUT2D eigenvalue weighted by Gasteiger charge is 2.10. The molecule has 1 aromatic rings. The number of ether oxygens (including phenoxy) is 2. The second kappa shape index (κ2) is 5.56. The standard InChI is InChI=1S/C13H18O3/c1-9(2)8-16-13-7-11(15-4)5-6-12(13)10(3)14/h5-7,10,14H,1,8H2,2-4H3/t10-/m0/s1. The number of methoxy groups -OCH3 is 1. The second-order valence-electron chi connectivity index (χ2n) is 3.83. The Morgan fingerprint density at radius 1 is 1.50 bits per heavy atom. The van der Waals surface area contributed by atoms with Gasteiger partial charge in [0.05, 0.1) is 13.2 Å². The molecule has 1 N–H and O–H groups in total. The molecular weight excluding hydrogens is 204 g/mol. The maximum atomic E-state index is 9.59. The Labute approximate surface area is 96.3 Å². The van der Waals surface area contributed by atoms with Gasteiger partial charge in [0.15, 0.2) is 0 Å². The Bertz CT molecular complexity index is 369. The first-order valence-corrected chi connectivity index (χ1v) is 5.17. The molecule has 0 heterocycles. The van der Waals surface area contributed by atoms with Crippen molar-refractivity contribution in [2.45, 2.75) is 20.0 Å². The highest BCUT2D eigenvalue weighted by atomic mass is 16.5. The van der Waals surface area contributed by atoms with Crippen LogP contribution < -0.4 is 9.47 Å². The number of aliphatic hydroxyl groups excluding tert-OH is 1. The zero-order chi connectivity index (χ0) is 12.1. The van der Waals surface area contributed by atoms with Crippen molar-refractivity contribution in [3.63, 3.8) is 0 Å². The summed E-state index contributed by atoms with van der Waals surface area (Å²) >= 11 is 0. The van der Waals surface area contributed by atoms with Crippen LogP contribution in [0.2, 0.25) is 0 Å². The fraction of sp³-hybridized carbons (Fsp3) is 0.385. The van der Waals surface area contributed by atoms with E-state index in [1.165, 1.54) is 0 Å². The Balaban J connectivity index is 2.95. The monoisotopic (exact) mass is 222 g/mol. The number of benzene rings is 1. The highest BCUT2D eigenvalue weighted by molar-refractivity contribution is 5.42. The summed E-state index contributed by atoms with van der Waals surface area (Å²) in [7, 11) is 1.60. The smallest absolute Gasteiger partial charge is 0.129 e. The van der Waals surface area contributed by atoms with Gasteiger partial charge < -0.3 is 14.6 Å². The molecule has 0 aliphatic carbocycles. The Morgan fingerprint density at radius 3 is 2.69 bits per heavy atom. The molecule has 16 heavy (non-hydrogen) atoms. The number of hydrogen-bond acceptors (Lipinski definition) is 3. The van der Waals surface area contributed by atoms with Crippen LogP contribution in [-0.4, -0.2) is 18.8 Å². The Kier molecular flexibility index (Phi) is 4.38. The van der Waals surface area contributed by atoms with E-state index in [0.29, 0.717) is 18.1 Å². The van der Waals surface area contributed by atoms with E-state index in [2.05, 4.69) is 6.58 Å². The van der Waals surface area contributed by atoms with Gasteiger partial charge in [0.1, 0.15) is 18.1 Å². The summed E-state index contributed by atoms with van der Waals surface area (Å²) in [6.45, 7) is 7.80.